The number of rotatable bonds is 3. The van der Waals surface area contributed by atoms with Crippen LogP contribution in [0.5, 0.6) is 0 Å². The Hall–Kier alpha value is -0.740. The summed E-state index contributed by atoms with van der Waals surface area (Å²) in [5, 5.41) is 2.00. The first kappa shape index (κ1) is 13.3. The molecule has 16 heavy (non-hydrogen) atoms. The Bertz CT molecular complexity index is 234. The first-order valence-corrected chi connectivity index (χ1v) is 5.77. The Morgan fingerprint density at radius 1 is 1.31 bits per heavy atom. The Kier molecular flexibility index (Phi) is 4.62. The van der Waals surface area contributed by atoms with Crippen LogP contribution < -0.4 is 5.32 Å². The number of hydrogen-bond acceptors (Lipinski definition) is 1. The molecule has 0 bridgehead atoms. The molecule has 1 saturated carbocycles. The average Bonchev–Trinajstić information content (AvgIpc) is 2.17. The molecular weight excluding hydrogens is 219 g/mol. The van der Waals surface area contributed by atoms with Crippen molar-refractivity contribution in [2.24, 2.45) is 5.92 Å². The fourth-order valence-electron chi connectivity index (χ4n) is 2.29. The normalized spacial score (nSPS) is 20.5. The molecule has 1 aliphatic rings. The van der Waals surface area contributed by atoms with E-state index in [2.05, 4.69) is 0 Å². The van der Waals surface area contributed by atoms with E-state index in [-0.39, 0.29) is 0 Å². The summed E-state index contributed by atoms with van der Waals surface area (Å²) in [5.74, 6) is -1.35. The zero-order chi connectivity index (χ0) is 12.2. The molecule has 0 aliphatic heterocycles. The van der Waals surface area contributed by atoms with E-state index in [4.69, 9.17) is 0 Å². The number of halogens is 3. The second kappa shape index (κ2) is 5.55. The van der Waals surface area contributed by atoms with Crippen molar-refractivity contribution >= 4 is 5.91 Å². The van der Waals surface area contributed by atoms with Gasteiger partial charge in [-0.3, -0.25) is 4.79 Å². The lowest BCUT2D eigenvalue weighted by Crippen LogP contribution is -2.42. The number of hydrogen-bond donors (Lipinski definition) is 1. The van der Waals surface area contributed by atoms with Crippen molar-refractivity contribution < 1.29 is 18.0 Å². The van der Waals surface area contributed by atoms with E-state index in [1.54, 1.807) is 6.92 Å². The van der Waals surface area contributed by atoms with Gasteiger partial charge in [0.05, 0.1) is 0 Å². The minimum Gasteiger partial charge on any atom is -0.346 e. The van der Waals surface area contributed by atoms with Crippen LogP contribution in [0.4, 0.5) is 13.2 Å². The predicted molar refractivity (Wildman–Crippen MR) is 54.9 cm³/mol. The molecule has 1 amide bonds. The molecule has 94 valence electrons. The molecule has 5 heteroatoms. The van der Waals surface area contributed by atoms with Gasteiger partial charge in [-0.25, -0.2) is 0 Å². The van der Waals surface area contributed by atoms with Crippen LogP contribution >= 0.6 is 0 Å². The molecule has 1 atom stereocenters. The molecule has 0 heterocycles. The number of carbonyl (C=O) groups is 1. The van der Waals surface area contributed by atoms with Crippen molar-refractivity contribution in [2.75, 3.05) is 0 Å². The van der Waals surface area contributed by atoms with E-state index >= 15 is 0 Å². The average molecular weight is 237 g/mol. The van der Waals surface area contributed by atoms with E-state index in [0.29, 0.717) is 12.3 Å². The van der Waals surface area contributed by atoms with Gasteiger partial charge >= 0.3 is 12.1 Å². The topological polar surface area (TPSA) is 29.1 Å². The summed E-state index contributed by atoms with van der Waals surface area (Å²) in [7, 11) is 0. The molecule has 0 radical (unpaired) electrons. The largest absolute Gasteiger partial charge is 0.471 e. The predicted octanol–water partition coefficient (Wildman–Crippen LogP) is 3.02. The van der Waals surface area contributed by atoms with Crippen LogP contribution in [0.15, 0.2) is 0 Å². The number of alkyl halides is 3. The van der Waals surface area contributed by atoms with Crippen LogP contribution in [0, 0.1) is 5.92 Å². The molecule has 1 aliphatic carbocycles. The van der Waals surface area contributed by atoms with Crippen LogP contribution in [0.3, 0.4) is 0 Å². The monoisotopic (exact) mass is 237 g/mol. The summed E-state index contributed by atoms with van der Waals surface area (Å²) >= 11 is 0. The standard InChI is InChI=1S/C11H18F3NO/c1-8(15-10(16)11(12,13)14)7-9-5-3-2-4-6-9/h8-9H,2-7H2,1H3,(H,15,16)/t8-/m1/s1. The molecular formula is C11H18F3NO. The van der Waals surface area contributed by atoms with Gasteiger partial charge in [-0.2, -0.15) is 13.2 Å². The lowest BCUT2D eigenvalue weighted by atomic mass is 9.85. The summed E-state index contributed by atoms with van der Waals surface area (Å²) in [6.45, 7) is 1.64. The van der Waals surface area contributed by atoms with Crippen molar-refractivity contribution in [1.82, 2.24) is 5.32 Å². The first-order chi connectivity index (χ1) is 7.39. The Labute approximate surface area is 93.6 Å². The zero-order valence-electron chi connectivity index (χ0n) is 9.44. The van der Waals surface area contributed by atoms with E-state index in [0.717, 1.165) is 25.7 Å². The van der Waals surface area contributed by atoms with Crippen LogP contribution in [-0.2, 0) is 4.79 Å². The Morgan fingerprint density at radius 3 is 2.38 bits per heavy atom. The second-order valence-corrected chi connectivity index (χ2v) is 4.61. The van der Waals surface area contributed by atoms with Gasteiger partial charge in [0.25, 0.3) is 0 Å². The van der Waals surface area contributed by atoms with Crippen molar-refractivity contribution in [2.45, 2.75) is 57.7 Å². The van der Waals surface area contributed by atoms with Gasteiger partial charge in [-0.05, 0) is 19.3 Å². The van der Waals surface area contributed by atoms with Crippen molar-refractivity contribution in [1.29, 1.82) is 0 Å². The Balaban J connectivity index is 2.29. The molecule has 0 aromatic heterocycles. The third-order valence-corrected chi connectivity index (χ3v) is 3.05. The zero-order valence-corrected chi connectivity index (χ0v) is 9.44. The molecule has 0 unspecified atom stereocenters. The van der Waals surface area contributed by atoms with E-state index in [1.807, 2.05) is 5.32 Å². The molecule has 0 aromatic rings. The van der Waals surface area contributed by atoms with E-state index in [9.17, 15) is 18.0 Å². The van der Waals surface area contributed by atoms with Crippen molar-refractivity contribution in [3.63, 3.8) is 0 Å². The summed E-state index contributed by atoms with van der Waals surface area (Å²) in [4.78, 5) is 10.7. The maximum Gasteiger partial charge on any atom is 0.471 e. The SMILES string of the molecule is C[C@H](CC1CCCCC1)NC(=O)C(F)(F)F. The number of nitrogens with one attached hydrogen (secondary N) is 1. The van der Waals surface area contributed by atoms with Crippen molar-refractivity contribution in [3.8, 4) is 0 Å². The summed E-state index contributed by atoms with van der Waals surface area (Å²) in [6.07, 6.45) is 1.58. The molecule has 2 nitrogen and oxygen atoms in total. The van der Waals surface area contributed by atoms with Crippen LogP contribution in [0.25, 0.3) is 0 Å². The number of carbonyl (C=O) groups excluding carboxylic acids is 1. The number of amides is 1. The van der Waals surface area contributed by atoms with Gasteiger partial charge in [0, 0.05) is 6.04 Å². The van der Waals surface area contributed by atoms with Gasteiger partial charge in [-0.15, -0.1) is 0 Å². The highest BCUT2D eigenvalue weighted by Gasteiger charge is 2.39. The Morgan fingerprint density at radius 2 is 1.88 bits per heavy atom. The molecule has 1 fully saturated rings. The minimum absolute atomic E-state index is 0.391. The third-order valence-electron chi connectivity index (χ3n) is 3.05. The van der Waals surface area contributed by atoms with Crippen LogP contribution in [-0.4, -0.2) is 18.1 Å². The third kappa shape index (κ3) is 4.41. The summed E-state index contributed by atoms with van der Waals surface area (Å²) in [5.41, 5.74) is 0. The molecule has 0 saturated heterocycles. The van der Waals surface area contributed by atoms with Gasteiger partial charge in [0.1, 0.15) is 0 Å². The molecule has 1 rings (SSSR count). The van der Waals surface area contributed by atoms with E-state index in [1.165, 1.54) is 6.42 Å². The van der Waals surface area contributed by atoms with Crippen LogP contribution in [0.1, 0.15) is 45.4 Å². The summed E-state index contributed by atoms with van der Waals surface area (Å²) < 4.78 is 35.9. The smallest absolute Gasteiger partial charge is 0.346 e. The fourth-order valence-corrected chi connectivity index (χ4v) is 2.29. The van der Waals surface area contributed by atoms with Gasteiger partial charge in [0.15, 0.2) is 0 Å². The quantitative estimate of drug-likeness (QED) is 0.803. The molecule has 0 spiro atoms. The van der Waals surface area contributed by atoms with Crippen LogP contribution in [0.2, 0.25) is 0 Å². The van der Waals surface area contributed by atoms with Gasteiger partial charge < -0.3 is 5.32 Å². The lowest BCUT2D eigenvalue weighted by Gasteiger charge is -2.25. The first-order valence-electron chi connectivity index (χ1n) is 5.77. The second-order valence-electron chi connectivity index (χ2n) is 4.61. The highest BCUT2D eigenvalue weighted by molar-refractivity contribution is 5.81. The van der Waals surface area contributed by atoms with E-state index < -0.39 is 18.1 Å². The van der Waals surface area contributed by atoms with Gasteiger partial charge in [0.2, 0.25) is 0 Å². The fraction of sp³-hybridized carbons (Fsp3) is 0.909. The highest BCUT2D eigenvalue weighted by Crippen LogP contribution is 2.27. The maximum absolute atomic E-state index is 12.0. The van der Waals surface area contributed by atoms with Crippen molar-refractivity contribution in [3.05, 3.63) is 0 Å². The molecule has 0 aromatic carbocycles. The highest BCUT2D eigenvalue weighted by atomic mass is 19.4. The molecule has 1 N–H and O–H groups in total. The maximum atomic E-state index is 12.0. The minimum atomic E-state index is -4.76. The van der Waals surface area contributed by atoms with Gasteiger partial charge in [-0.1, -0.05) is 32.1 Å². The summed E-state index contributed by atoms with van der Waals surface area (Å²) in [6, 6.07) is -0.391. The lowest BCUT2D eigenvalue weighted by molar-refractivity contribution is -0.174.